The average Bonchev–Trinajstić information content (AvgIpc) is 1.04. The number of phenols is 2. The maximum Gasteiger partial charge on any atom is 0.337 e. The highest BCUT2D eigenvalue weighted by atomic mass is 16.6. The molecule has 17 unspecified atom stereocenters. The fourth-order valence-corrected chi connectivity index (χ4v) is 20.6. The van der Waals surface area contributed by atoms with Crippen LogP contribution in [0.2, 0.25) is 0 Å². The predicted octanol–water partition coefficient (Wildman–Crippen LogP) is 10.3. The topological polar surface area (TPSA) is 269 Å². The molecule has 15 rings (SSSR count). The van der Waals surface area contributed by atoms with Gasteiger partial charge < -0.3 is 66.0 Å². The molecule has 12 N–H and O–H groups in total. The number of dihydropyridines is 2. The summed E-state index contributed by atoms with van der Waals surface area (Å²) in [6.07, 6.45) is 20.1. The number of phenolic OH excluding ortho intramolecular Hbond substituents is 2. The van der Waals surface area contributed by atoms with E-state index in [4.69, 9.17) is 19.6 Å². The third kappa shape index (κ3) is 9.95. The molecule has 6 bridgehead atoms. The van der Waals surface area contributed by atoms with Crippen LogP contribution in [0.15, 0.2) is 121 Å². The Morgan fingerprint density at radius 2 is 1.77 bits per heavy atom. The first kappa shape index (κ1) is 61.5. The summed E-state index contributed by atoms with van der Waals surface area (Å²) in [7, 11) is 0. The van der Waals surface area contributed by atoms with Crippen molar-refractivity contribution in [2.45, 2.75) is 209 Å². The lowest BCUT2D eigenvalue weighted by Gasteiger charge is -2.52. The number of carbonyl (C=O) groups excluding carboxylic acids is 1. The predicted molar refractivity (Wildman–Crippen MR) is 349 cm³/mol. The molecule has 0 radical (unpaired) electrons. The molecular formula is C76H92N4O12. The van der Waals surface area contributed by atoms with E-state index in [1.54, 1.807) is 25.1 Å². The Morgan fingerprint density at radius 3 is 2.57 bits per heavy atom. The van der Waals surface area contributed by atoms with Crippen molar-refractivity contribution >= 4 is 16.9 Å². The van der Waals surface area contributed by atoms with Gasteiger partial charge in [0, 0.05) is 60.2 Å². The Bertz CT molecular complexity index is 3910. The van der Waals surface area contributed by atoms with Crippen LogP contribution >= 0.6 is 0 Å². The van der Waals surface area contributed by atoms with E-state index in [1.165, 1.54) is 43.7 Å². The number of hydrogen-bond donors (Lipinski definition) is 11. The number of esters is 1. The molecule has 4 aromatic rings. The van der Waals surface area contributed by atoms with E-state index < -0.39 is 77.6 Å². The molecule has 488 valence electrons. The normalized spacial score (nSPS) is 34.4. The second-order valence-electron chi connectivity index (χ2n) is 29.8. The second-order valence-corrected chi connectivity index (χ2v) is 29.8. The number of aliphatic hydroxyl groups excluding tert-OH is 4. The number of nitrogens with two attached hydrogens (primary N) is 1. The third-order valence-electron chi connectivity index (χ3n) is 24.9. The maximum atomic E-state index is 16.1. The van der Waals surface area contributed by atoms with Crippen LogP contribution in [0.1, 0.15) is 198 Å². The molecule has 16 heteroatoms. The Morgan fingerprint density at radius 1 is 0.967 bits per heavy atom. The van der Waals surface area contributed by atoms with Crippen LogP contribution in [0.4, 0.5) is 0 Å². The standard InChI is InChI=1S/C76H92N4O12/c1-5-59(76(89)33-43-27-45(76)26-41-25-42(68(86)55-13-9-12-50(43)63(41)55)28-47(84)24-37(2)39-10-7-6-8-11-39)74(88)91-62-32-57-69(87)66-61(85)31-48(35-81)90-71(66)67-64-54-22-23-78-72(77)65(54)52(19-16-40-15-17-46(83)30-56(40)58(64)36-82)51-21-20-49-44(29-60(51)75(62,4)92-70(57)67)34-79-73-53(49)18-14-38(3)80-73/h5,9,12-15,17-18,22,30-31,34,37-39,41-43,45,47,51-52,58,60,62,64,68,73,78-84,86-87,89H,6-8,10-11,16,19-21,23-29,32-33,35-36,77H2,1-4H3. The first-order valence-corrected chi connectivity index (χ1v) is 34.6. The van der Waals surface area contributed by atoms with Gasteiger partial charge in [-0.1, -0.05) is 87.6 Å². The number of nitrogens with one attached hydrogen (secondary N) is 3. The lowest BCUT2D eigenvalue weighted by Crippen LogP contribution is -2.59. The van der Waals surface area contributed by atoms with Crippen LogP contribution in [0.25, 0.3) is 11.0 Å². The number of aryl methyl sites for hydroxylation is 1. The Labute approximate surface area is 538 Å². The van der Waals surface area contributed by atoms with E-state index in [0.717, 1.165) is 44.5 Å². The van der Waals surface area contributed by atoms with Crippen molar-refractivity contribution in [3.05, 3.63) is 167 Å². The van der Waals surface area contributed by atoms with Crippen LogP contribution in [0, 0.1) is 41.4 Å². The van der Waals surface area contributed by atoms with Crippen molar-refractivity contribution < 1.29 is 54.4 Å². The number of benzene rings is 3. The number of carbonyl (C=O) groups is 1. The maximum absolute atomic E-state index is 16.1. The van der Waals surface area contributed by atoms with Crippen LogP contribution in [-0.4, -0.2) is 90.5 Å². The summed E-state index contributed by atoms with van der Waals surface area (Å²) in [5, 5.41) is 95.7. The average molecular weight is 1250 g/mol. The highest BCUT2D eigenvalue weighted by Gasteiger charge is 2.60. The smallest absolute Gasteiger partial charge is 0.337 e. The molecule has 0 saturated heterocycles. The summed E-state index contributed by atoms with van der Waals surface area (Å²) < 4.78 is 21.9. The summed E-state index contributed by atoms with van der Waals surface area (Å²) in [5.74, 6) is -2.85. The van der Waals surface area contributed by atoms with Gasteiger partial charge in [0.25, 0.3) is 0 Å². The second kappa shape index (κ2) is 23.7. The SMILES string of the molecule is CC=C(C(=O)OC1Cc2c3c(c4oc(CO)cc(=O)c4c2O)C2C4=CCNC(N)=C4C(CCc4ccc(O)cc4C2CO)C2CCC4=C5C=CC(C)NC5NC=C4CC2C1(C)O3)C1(O)CC2CC1CC1CC(CC(O)CC(C)C3CCCCC3)C(O)c3cccc2c31. The van der Waals surface area contributed by atoms with Crippen LogP contribution in [0.3, 0.4) is 0 Å². The summed E-state index contributed by atoms with van der Waals surface area (Å²) in [4.78, 5) is 31.0. The molecule has 5 aliphatic heterocycles. The van der Waals surface area contributed by atoms with E-state index in [9.17, 15) is 40.5 Å². The summed E-state index contributed by atoms with van der Waals surface area (Å²) >= 11 is 0. The number of ether oxygens (including phenoxy) is 2. The highest BCUT2D eigenvalue weighted by Crippen LogP contribution is 2.64. The molecule has 17 atom stereocenters. The van der Waals surface area contributed by atoms with E-state index in [0.29, 0.717) is 99.5 Å². The lowest BCUT2D eigenvalue weighted by atomic mass is 9.61. The van der Waals surface area contributed by atoms with Gasteiger partial charge >= 0.3 is 5.97 Å². The van der Waals surface area contributed by atoms with Gasteiger partial charge in [0.15, 0.2) is 5.43 Å². The molecule has 0 amide bonds. The first-order valence-electron chi connectivity index (χ1n) is 34.6. The molecule has 3 aromatic carbocycles. The van der Waals surface area contributed by atoms with Gasteiger partial charge in [-0.2, -0.15) is 0 Å². The molecule has 92 heavy (non-hydrogen) atoms. The molecule has 3 saturated carbocycles. The minimum absolute atomic E-state index is 0.0154. The van der Waals surface area contributed by atoms with Crippen molar-refractivity contribution in [3.8, 4) is 17.2 Å². The number of aliphatic hydroxyl groups is 5. The minimum atomic E-state index is -1.62. The Balaban J connectivity index is 0.863. The first-order chi connectivity index (χ1) is 44.4. The number of rotatable bonds is 10. The Hall–Kier alpha value is -6.66. The molecule has 1 aromatic heterocycles. The monoisotopic (exact) mass is 1250 g/mol. The summed E-state index contributed by atoms with van der Waals surface area (Å²) in [6, 6.07) is 12.8. The largest absolute Gasteiger partial charge is 0.508 e. The molecule has 6 heterocycles. The molecular weight excluding hydrogens is 1160 g/mol. The molecule has 16 nitrogen and oxygen atoms in total. The van der Waals surface area contributed by atoms with E-state index in [1.807, 2.05) is 25.1 Å². The van der Waals surface area contributed by atoms with Gasteiger partial charge in [0.2, 0.25) is 0 Å². The number of hydrogen-bond acceptors (Lipinski definition) is 16. The Kier molecular flexibility index (Phi) is 15.8. The van der Waals surface area contributed by atoms with Gasteiger partial charge in [0.1, 0.15) is 64.3 Å². The van der Waals surface area contributed by atoms with Crippen LogP contribution in [0.5, 0.6) is 17.2 Å². The minimum Gasteiger partial charge on any atom is -0.508 e. The van der Waals surface area contributed by atoms with Crippen molar-refractivity contribution in [2.75, 3.05) is 13.2 Å². The van der Waals surface area contributed by atoms with E-state index >= 15 is 4.79 Å². The van der Waals surface area contributed by atoms with Gasteiger partial charge in [0.05, 0.1) is 30.0 Å². The van der Waals surface area contributed by atoms with E-state index in [2.05, 4.69) is 60.3 Å². The lowest BCUT2D eigenvalue weighted by molar-refractivity contribution is -0.171. The van der Waals surface area contributed by atoms with Gasteiger partial charge in [-0.3, -0.25) is 10.1 Å². The fourth-order valence-electron chi connectivity index (χ4n) is 20.6. The highest BCUT2D eigenvalue weighted by molar-refractivity contribution is 5.93. The zero-order chi connectivity index (χ0) is 63.8. The van der Waals surface area contributed by atoms with Gasteiger partial charge in [-0.15, -0.1) is 0 Å². The van der Waals surface area contributed by atoms with Gasteiger partial charge in [-0.05, 0) is 207 Å². The van der Waals surface area contributed by atoms with Crippen LogP contribution < -0.4 is 31.8 Å². The number of allylic oxidation sites excluding steroid dienone is 5. The summed E-state index contributed by atoms with van der Waals surface area (Å²) in [6.45, 7) is 7.49. The molecule has 3 fully saturated rings. The number of fused-ring (bicyclic) bond motifs is 13. The third-order valence-corrected chi connectivity index (χ3v) is 24.9. The number of aromatic hydroxyl groups is 2. The van der Waals surface area contributed by atoms with Crippen molar-refractivity contribution in [1.29, 1.82) is 0 Å². The summed E-state index contributed by atoms with van der Waals surface area (Å²) in [5.41, 5.74) is 14.4. The van der Waals surface area contributed by atoms with Crippen LogP contribution in [-0.2, 0) is 29.0 Å². The molecule has 11 aliphatic rings. The fraction of sp³-hybridized carbons (Fsp3) is 0.553. The quantitative estimate of drug-likeness (QED) is 0.0521. The zero-order valence-electron chi connectivity index (χ0n) is 53.6. The van der Waals surface area contributed by atoms with E-state index in [-0.39, 0.29) is 99.9 Å². The molecule has 6 aliphatic carbocycles. The molecule has 0 spiro atoms. The van der Waals surface area contributed by atoms with Gasteiger partial charge in [-0.25, -0.2) is 4.79 Å². The van der Waals surface area contributed by atoms with Crippen molar-refractivity contribution in [1.82, 2.24) is 16.0 Å². The van der Waals surface area contributed by atoms with Crippen molar-refractivity contribution in [3.63, 3.8) is 0 Å². The zero-order valence-corrected chi connectivity index (χ0v) is 53.6. The van der Waals surface area contributed by atoms with Crippen molar-refractivity contribution in [2.24, 2.45) is 47.2 Å².